The maximum atomic E-state index is 12.4. The Hall–Kier alpha value is -1.31. The Balaban J connectivity index is 0.00000243. The number of rotatable bonds is 3. The lowest BCUT2D eigenvalue weighted by molar-refractivity contribution is -0.132. The van der Waals surface area contributed by atoms with Crippen LogP contribution in [0, 0.1) is 5.92 Å². The first-order chi connectivity index (χ1) is 12.2. The van der Waals surface area contributed by atoms with Crippen molar-refractivity contribution in [2.75, 3.05) is 33.2 Å². The summed E-state index contributed by atoms with van der Waals surface area (Å²) in [6.45, 7) is 6.56. The van der Waals surface area contributed by atoms with Gasteiger partial charge in [-0.05, 0) is 36.3 Å². The predicted molar refractivity (Wildman–Crippen MR) is 117 cm³/mol. The quantitative estimate of drug-likeness (QED) is 0.420. The lowest BCUT2D eigenvalue weighted by Crippen LogP contribution is -2.45. The van der Waals surface area contributed by atoms with Crippen molar-refractivity contribution in [3.63, 3.8) is 0 Å². The van der Waals surface area contributed by atoms with Crippen LogP contribution >= 0.6 is 24.0 Å². The highest BCUT2D eigenvalue weighted by atomic mass is 127. The van der Waals surface area contributed by atoms with Crippen LogP contribution in [0.15, 0.2) is 29.3 Å². The third-order valence-electron chi connectivity index (χ3n) is 5.27. The van der Waals surface area contributed by atoms with Crippen LogP contribution in [0.3, 0.4) is 0 Å². The van der Waals surface area contributed by atoms with Crippen LogP contribution in [0.2, 0.25) is 0 Å². The van der Waals surface area contributed by atoms with Gasteiger partial charge in [0, 0.05) is 46.2 Å². The second-order valence-corrected chi connectivity index (χ2v) is 7.25. The lowest BCUT2D eigenvalue weighted by atomic mass is 10.00. The predicted octanol–water partition coefficient (Wildman–Crippen LogP) is 2.89. The number of carbonyl (C=O) groups excluding carboxylic acids is 1. The molecule has 0 aromatic heterocycles. The molecular weight excluding hydrogens is 439 g/mol. The number of hydrogen-bond acceptors (Lipinski definition) is 2. The summed E-state index contributed by atoms with van der Waals surface area (Å²) >= 11 is 0. The number of nitrogens with one attached hydrogen (secondary N) is 1. The summed E-state index contributed by atoms with van der Waals surface area (Å²) < 4.78 is 0. The Bertz CT molecular complexity index is 634. The molecule has 5 nitrogen and oxygen atoms in total. The van der Waals surface area contributed by atoms with Gasteiger partial charge in [-0.25, -0.2) is 0 Å². The summed E-state index contributed by atoms with van der Waals surface area (Å²) in [6, 6.07) is 8.60. The van der Waals surface area contributed by atoms with E-state index >= 15 is 0 Å². The number of fused-ring (bicyclic) bond motifs is 1. The van der Waals surface area contributed by atoms with Crippen molar-refractivity contribution in [3.8, 4) is 0 Å². The first-order valence-electron chi connectivity index (χ1n) is 9.47. The van der Waals surface area contributed by atoms with Crippen LogP contribution < -0.4 is 5.32 Å². The first-order valence-corrected chi connectivity index (χ1v) is 9.47. The van der Waals surface area contributed by atoms with E-state index in [0.717, 1.165) is 45.0 Å². The zero-order chi connectivity index (χ0) is 17.6. The number of halogens is 1. The van der Waals surface area contributed by atoms with E-state index in [1.165, 1.54) is 17.5 Å². The number of amides is 1. The van der Waals surface area contributed by atoms with Gasteiger partial charge >= 0.3 is 0 Å². The van der Waals surface area contributed by atoms with Crippen molar-refractivity contribution >= 4 is 35.8 Å². The van der Waals surface area contributed by atoms with Crippen LogP contribution in [-0.2, 0) is 17.8 Å². The van der Waals surface area contributed by atoms with Crippen LogP contribution in [0.25, 0.3) is 0 Å². The van der Waals surface area contributed by atoms with Crippen molar-refractivity contribution in [2.45, 2.75) is 39.2 Å². The number of carbonyl (C=O) groups is 1. The molecule has 0 aliphatic carbocycles. The fraction of sp³-hybridized carbons (Fsp3) is 0.600. The number of aliphatic imine (C=N–C) groups is 1. The molecule has 1 N–H and O–H groups in total. The first kappa shape index (κ1) is 21.0. The summed E-state index contributed by atoms with van der Waals surface area (Å²) in [5.41, 5.74) is 2.80. The maximum Gasteiger partial charge on any atom is 0.224 e. The summed E-state index contributed by atoms with van der Waals surface area (Å²) in [6.07, 6.45) is 3.96. The number of piperidine rings is 1. The zero-order valence-corrected chi connectivity index (χ0v) is 18.2. The number of nitrogens with zero attached hydrogens (tertiary/aromatic N) is 3. The highest BCUT2D eigenvalue weighted by Gasteiger charge is 2.21. The van der Waals surface area contributed by atoms with Gasteiger partial charge in [0.15, 0.2) is 5.96 Å². The zero-order valence-electron chi connectivity index (χ0n) is 15.9. The summed E-state index contributed by atoms with van der Waals surface area (Å²) in [5.74, 6) is 1.79. The number of likely N-dealkylation sites (tertiary alicyclic amines) is 1. The average Bonchev–Trinajstić information content (AvgIpc) is 2.64. The van der Waals surface area contributed by atoms with Crippen LogP contribution in [0.1, 0.15) is 37.3 Å². The molecule has 144 valence electrons. The van der Waals surface area contributed by atoms with Crippen molar-refractivity contribution in [3.05, 3.63) is 35.4 Å². The molecule has 1 fully saturated rings. The molecule has 6 heteroatoms. The molecule has 0 radical (unpaired) electrons. The van der Waals surface area contributed by atoms with Crippen LogP contribution in [0.5, 0.6) is 0 Å². The Morgan fingerprint density at radius 2 is 2.00 bits per heavy atom. The van der Waals surface area contributed by atoms with E-state index in [1.54, 1.807) is 0 Å². The average molecular weight is 470 g/mol. The van der Waals surface area contributed by atoms with E-state index in [9.17, 15) is 4.79 Å². The minimum Gasteiger partial charge on any atom is -0.356 e. The highest BCUT2D eigenvalue weighted by Crippen LogP contribution is 2.18. The Morgan fingerprint density at radius 3 is 2.73 bits per heavy atom. The van der Waals surface area contributed by atoms with Crippen LogP contribution in [0.4, 0.5) is 0 Å². The Morgan fingerprint density at radius 1 is 1.23 bits per heavy atom. The summed E-state index contributed by atoms with van der Waals surface area (Å²) in [7, 11) is 1.82. The number of guanidine groups is 1. The molecule has 1 atom stereocenters. The van der Waals surface area contributed by atoms with E-state index in [4.69, 9.17) is 0 Å². The standard InChI is InChI=1S/C20H30N4O.HI/c1-16-6-5-12-23(14-16)19(25)9-11-22-20(21-2)24-13-10-17-7-3-4-8-18(17)15-24;/h3-4,7-8,16H,5-6,9-15H2,1-2H3,(H,21,22);1H. The molecule has 26 heavy (non-hydrogen) atoms. The fourth-order valence-corrected chi connectivity index (χ4v) is 3.86. The summed E-state index contributed by atoms with van der Waals surface area (Å²) in [5, 5.41) is 3.38. The Labute approximate surface area is 174 Å². The molecule has 1 unspecified atom stereocenters. The van der Waals surface area contributed by atoms with Gasteiger partial charge in [0.2, 0.25) is 5.91 Å². The molecule has 0 saturated carbocycles. The van der Waals surface area contributed by atoms with Gasteiger partial charge in [-0.2, -0.15) is 0 Å². The van der Waals surface area contributed by atoms with E-state index in [0.29, 0.717) is 18.9 Å². The molecule has 3 rings (SSSR count). The van der Waals surface area contributed by atoms with Crippen molar-refractivity contribution in [2.24, 2.45) is 10.9 Å². The number of benzene rings is 1. The normalized spacial score (nSPS) is 20.2. The second kappa shape index (κ2) is 10.1. The van der Waals surface area contributed by atoms with E-state index in [-0.39, 0.29) is 29.9 Å². The van der Waals surface area contributed by atoms with Crippen molar-refractivity contribution in [1.82, 2.24) is 15.1 Å². The van der Waals surface area contributed by atoms with Crippen LogP contribution in [-0.4, -0.2) is 54.9 Å². The summed E-state index contributed by atoms with van der Waals surface area (Å²) in [4.78, 5) is 21.1. The van der Waals surface area contributed by atoms with Crippen molar-refractivity contribution in [1.29, 1.82) is 0 Å². The van der Waals surface area contributed by atoms with Gasteiger partial charge in [0.1, 0.15) is 0 Å². The molecular formula is C20H31IN4O. The van der Waals surface area contributed by atoms with Gasteiger partial charge in [-0.15, -0.1) is 24.0 Å². The molecule has 0 bridgehead atoms. The molecule has 0 spiro atoms. The second-order valence-electron chi connectivity index (χ2n) is 7.25. The molecule has 2 aliphatic rings. The Kier molecular flexibility index (Phi) is 8.18. The molecule has 1 aromatic rings. The maximum absolute atomic E-state index is 12.4. The SMILES string of the molecule is CN=C(NCCC(=O)N1CCCC(C)C1)N1CCc2ccccc2C1.I. The minimum atomic E-state index is 0. The molecule has 1 aromatic carbocycles. The molecule has 2 heterocycles. The van der Waals surface area contributed by atoms with E-state index in [2.05, 4.69) is 46.4 Å². The molecule has 1 saturated heterocycles. The topological polar surface area (TPSA) is 47.9 Å². The number of hydrogen-bond donors (Lipinski definition) is 1. The third-order valence-corrected chi connectivity index (χ3v) is 5.27. The third kappa shape index (κ3) is 5.34. The molecule has 2 aliphatic heterocycles. The van der Waals surface area contributed by atoms with Crippen molar-refractivity contribution < 1.29 is 4.79 Å². The van der Waals surface area contributed by atoms with E-state index < -0.39 is 0 Å². The fourth-order valence-electron chi connectivity index (χ4n) is 3.86. The van der Waals surface area contributed by atoms with Gasteiger partial charge in [-0.1, -0.05) is 31.2 Å². The monoisotopic (exact) mass is 470 g/mol. The largest absolute Gasteiger partial charge is 0.356 e. The smallest absolute Gasteiger partial charge is 0.224 e. The highest BCUT2D eigenvalue weighted by molar-refractivity contribution is 14.0. The van der Waals surface area contributed by atoms with E-state index in [1.807, 2.05) is 11.9 Å². The molecule has 1 amide bonds. The lowest BCUT2D eigenvalue weighted by Gasteiger charge is -2.32. The minimum absolute atomic E-state index is 0. The van der Waals surface area contributed by atoms with Gasteiger partial charge in [-0.3, -0.25) is 9.79 Å². The van der Waals surface area contributed by atoms with Gasteiger partial charge < -0.3 is 15.1 Å². The van der Waals surface area contributed by atoms with Gasteiger partial charge in [0.25, 0.3) is 0 Å². The van der Waals surface area contributed by atoms with Gasteiger partial charge in [0.05, 0.1) is 0 Å².